The maximum absolute atomic E-state index is 12.6. The Hall–Kier alpha value is -2.58. The Morgan fingerprint density at radius 2 is 1.68 bits per heavy atom. The standard InChI is InChI=1S/C22H20Cl2N2O4S/c1-15(16-5-3-2-4-6-16)26-31(28,29)19-10-8-18(9-11-19)30-14-22(27)25-21-12-7-17(23)13-20(21)24/h2-13,15,26H,14H2,1H3,(H,25,27)/t15-/m0/s1. The number of hydrogen-bond acceptors (Lipinski definition) is 4. The van der Waals surface area contributed by atoms with Crippen molar-refractivity contribution in [3.63, 3.8) is 0 Å². The molecule has 162 valence electrons. The lowest BCUT2D eigenvalue weighted by atomic mass is 10.1. The number of sulfonamides is 1. The van der Waals surface area contributed by atoms with Gasteiger partial charge in [0.1, 0.15) is 5.75 Å². The third kappa shape index (κ3) is 6.45. The summed E-state index contributed by atoms with van der Waals surface area (Å²) in [5.41, 5.74) is 1.28. The largest absolute Gasteiger partial charge is 0.484 e. The molecule has 0 saturated carbocycles. The molecule has 0 radical (unpaired) electrons. The average molecular weight is 479 g/mol. The zero-order chi connectivity index (χ0) is 22.4. The normalized spacial score (nSPS) is 12.2. The van der Waals surface area contributed by atoms with Crippen LogP contribution in [0.1, 0.15) is 18.5 Å². The highest BCUT2D eigenvalue weighted by Gasteiger charge is 2.18. The first-order chi connectivity index (χ1) is 14.7. The van der Waals surface area contributed by atoms with Gasteiger partial charge < -0.3 is 10.1 Å². The lowest BCUT2D eigenvalue weighted by Gasteiger charge is -2.15. The van der Waals surface area contributed by atoms with Crippen LogP contribution in [0.15, 0.2) is 77.7 Å². The van der Waals surface area contributed by atoms with Gasteiger partial charge in [-0.3, -0.25) is 4.79 Å². The number of rotatable bonds is 8. The highest BCUT2D eigenvalue weighted by Crippen LogP contribution is 2.25. The molecule has 3 rings (SSSR count). The molecule has 3 aromatic rings. The van der Waals surface area contributed by atoms with E-state index in [1.165, 1.54) is 30.3 Å². The van der Waals surface area contributed by atoms with Crippen molar-refractivity contribution in [3.05, 3.63) is 88.4 Å². The molecule has 3 aromatic carbocycles. The van der Waals surface area contributed by atoms with E-state index in [0.29, 0.717) is 21.5 Å². The van der Waals surface area contributed by atoms with Crippen LogP contribution < -0.4 is 14.8 Å². The van der Waals surface area contributed by atoms with Crippen LogP contribution in [0.2, 0.25) is 10.0 Å². The minimum Gasteiger partial charge on any atom is -0.484 e. The lowest BCUT2D eigenvalue weighted by molar-refractivity contribution is -0.118. The van der Waals surface area contributed by atoms with Crippen molar-refractivity contribution in [1.29, 1.82) is 0 Å². The second kappa shape index (κ2) is 10.2. The van der Waals surface area contributed by atoms with E-state index in [1.54, 1.807) is 19.1 Å². The van der Waals surface area contributed by atoms with Gasteiger partial charge >= 0.3 is 0 Å². The van der Waals surface area contributed by atoms with E-state index < -0.39 is 15.9 Å². The van der Waals surface area contributed by atoms with Gasteiger partial charge in [-0.05, 0) is 55.0 Å². The minimum atomic E-state index is -3.71. The van der Waals surface area contributed by atoms with Crippen molar-refractivity contribution in [2.24, 2.45) is 0 Å². The molecular formula is C22H20Cl2N2O4S. The van der Waals surface area contributed by atoms with Gasteiger partial charge in [-0.2, -0.15) is 0 Å². The number of benzene rings is 3. The van der Waals surface area contributed by atoms with Gasteiger partial charge in [0, 0.05) is 11.1 Å². The van der Waals surface area contributed by atoms with E-state index in [-0.39, 0.29) is 17.5 Å². The Morgan fingerprint density at radius 1 is 1.00 bits per heavy atom. The molecule has 0 fully saturated rings. The molecule has 2 N–H and O–H groups in total. The van der Waals surface area contributed by atoms with Gasteiger partial charge in [0.2, 0.25) is 10.0 Å². The van der Waals surface area contributed by atoms with Crippen LogP contribution >= 0.6 is 23.2 Å². The van der Waals surface area contributed by atoms with Crippen LogP contribution in [0.5, 0.6) is 5.75 Å². The van der Waals surface area contributed by atoms with Crippen LogP contribution in [0.4, 0.5) is 5.69 Å². The molecule has 0 bridgehead atoms. The smallest absolute Gasteiger partial charge is 0.262 e. The average Bonchev–Trinajstić information content (AvgIpc) is 2.75. The van der Waals surface area contributed by atoms with Crippen molar-refractivity contribution >= 4 is 44.8 Å². The predicted octanol–water partition coefficient (Wildman–Crippen LogP) is 5.05. The molecule has 0 aliphatic heterocycles. The van der Waals surface area contributed by atoms with Crippen molar-refractivity contribution < 1.29 is 17.9 Å². The fourth-order valence-corrected chi connectivity index (χ4v) is 4.44. The molecule has 6 nitrogen and oxygen atoms in total. The minimum absolute atomic E-state index is 0.0972. The molecule has 31 heavy (non-hydrogen) atoms. The fraction of sp³-hybridized carbons (Fsp3) is 0.136. The quantitative estimate of drug-likeness (QED) is 0.474. The van der Waals surface area contributed by atoms with Crippen LogP contribution in [0.25, 0.3) is 0 Å². The zero-order valence-electron chi connectivity index (χ0n) is 16.5. The van der Waals surface area contributed by atoms with Gasteiger partial charge in [0.25, 0.3) is 5.91 Å². The number of anilines is 1. The SMILES string of the molecule is C[C@H](NS(=O)(=O)c1ccc(OCC(=O)Nc2ccc(Cl)cc2Cl)cc1)c1ccccc1. The van der Waals surface area contributed by atoms with E-state index >= 15 is 0 Å². The van der Waals surface area contributed by atoms with Crippen LogP contribution in [0.3, 0.4) is 0 Å². The fourth-order valence-electron chi connectivity index (χ4n) is 2.75. The van der Waals surface area contributed by atoms with Gasteiger partial charge in [-0.25, -0.2) is 13.1 Å². The first-order valence-electron chi connectivity index (χ1n) is 9.29. The van der Waals surface area contributed by atoms with Crippen LogP contribution in [-0.2, 0) is 14.8 Å². The third-order valence-corrected chi connectivity index (χ3v) is 6.45. The number of nitrogens with one attached hydrogen (secondary N) is 2. The summed E-state index contributed by atoms with van der Waals surface area (Å²) in [6, 6.07) is 19.4. The van der Waals surface area contributed by atoms with E-state index in [1.807, 2.05) is 30.3 Å². The Kier molecular flexibility index (Phi) is 7.56. The molecule has 0 heterocycles. The van der Waals surface area contributed by atoms with Crippen molar-refractivity contribution in [3.8, 4) is 5.75 Å². The van der Waals surface area contributed by atoms with Crippen molar-refractivity contribution in [2.75, 3.05) is 11.9 Å². The molecule has 0 aromatic heterocycles. The summed E-state index contributed by atoms with van der Waals surface area (Å²) in [5, 5.41) is 3.39. The summed E-state index contributed by atoms with van der Waals surface area (Å²) in [4.78, 5) is 12.2. The number of carbonyl (C=O) groups is 1. The van der Waals surface area contributed by atoms with Crippen LogP contribution in [-0.4, -0.2) is 20.9 Å². The highest BCUT2D eigenvalue weighted by atomic mass is 35.5. The van der Waals surface area contributed by atoms with Gasteiger partial charge in [-0.1, -0.05) is 53.5 Å². The van der Waals surface area contributed by atoms with E-state index in [4.69, 9.17) is 27.9 Å². The molecule has 0 aliphatic rings. The Bertz CT molecular complexity index is 1150. The van der Waals surface area contributed by atoms with Gasteiger partial charge in [0.15, 0.2) is 6.61 Å². The molecule has 0 aliphatic carbocycles. The zero-order valence-corrected chi connectivity index (χ0v) is 18.8. The molecule has 0 saturated heterocycles. The van der Waals surface area contributed by atoms with E-state index in [2.05, 4.69) is 10.0 Å². The Labute approximate surface area is 191 Å². The van der Waals surface area contributed by atoms with E-state index in [9.17, 15) is 13.2 Å². The van der Waals surface area contributed by atoms with Gasteiger partial charge in [0.05, 0.1) is 15.6 Å². The summed E-state index contributed by atoms with van der Waals surface area (Å²) in [6.45, 7) is 1.50. The maximum atomic E-state index is 12.6. The molecule has 1 amide bonds. The number of carbonyl (C=O) groups excluding carboxylic acids is 1. The first kappa shape index (κ1) is 23.1. The highest BCUT2D eigenvalue weighted by molar-refractivity contribution is 7.89. The number of halogens is 2. The van der Waals surface area contributed by atoms with E-state index in [0.717, 1.165) is 5.56 Å². The third-order valence-electron chi connectivity index (χ3n) is 4.34. The topological polar surface area (TPSA) is 84.5 Å². The summed E-state index contributed by atoms with van der Waals surface area (Å²) in [5.74, 6) is -0.0633. The second-order valence-corrected chi connectivity index (χ2v) is 9.24. The summed E-state index contributed by atoms with van der Waals surface area (Å²) >= 11 is 11.9. The molecule has 0 spiro atoms. The lowest BCUT2D eigenvalue weighted by Crippen LogP contribution is -2.26. The molecule has 0 unspecified atom stereocenters. The van der Waals surface area contributed by atoms with Crippen molar-refractivity contribution in [2.45, 2.75) is 17.9 Å². The number of amides is 1. The summed E-state index contributed by atoms with van der Waals surface area (Å²) < 4.78 is 33.3. The van der Waals surface area contributed by atoms with Gasteiger partial charge in [-0.15, -0.1) is 0 Å². The number of hydrogen-bond donors (Lipinski definition) is 2. The van der Waals surface area contributed by atoms with Crippen LogP contribution in [0, 0.1) is 0 Å². The predicted molar refractivity (Wildman–Crippen MR) is 122 cm³/mol. The second-order valence-electron chi connectivity index (χ2n) is 6.69. The molecule has 9 heteroatoms. The molecule has 1 atom stereocenters. The van der Waals surface area contributed by atoms with Crippen molar-refractivity contribution in [1.82, 2.24) is 4.72 Å². The monoisotopic (exact) mass is 478 g/mol. The summed E-state index contributed by atoms with van der Waals surface area (Å²) in [7, 11) is -3.71. The molecular weight excluding hydrogens is 459 g/mol. The Balaban J connectivity index is 1.57. The Morgan fingerprint density at radius 3 is 2.32 bits per heavy atom. The summed E-state index contributed by atoms with van der Waals surface area (Å²) in [6.07, 6.45) is 0. The maximum Gasteiger partial charge on any atom is 0.262 e. The first-order valence-corrected chi connectivity index (χ1v) is 11.5. The number of ether oxygens (including phenoxy) is 1.